The van der Waals surface area contributed by atoms with Gasteiger partial charge in [-0.3, -0.25) is 9.59 Å². The Morgan fingerprint density at radius 2 is 1.75 bits per heavy atom. The van der Waals surface area contributed by atoms with E-state index in [-0.39, 0.29) is 17.0 Å². The molecule has 6 nitrogen and oxygen atoms in total. The van der Waals surface area contributed by atoms with Crippen molar-refractivity contribution in [1.29, 1.82) is 0 Å². The van der Waals surface area contributed by atoms with Crippen molar-refractivity contribution in [2.45, 2.75) is 20.0 Å². The molecule has 0 unspecified atom stereocenters. The van der Waals surface area contributed by atoms with Crippen molar-refractivity contribution in [3.05, 3.63) is 99.5 Å². The molecule has 0 N–H and O–H groups in total. The number of pyridine rings is 1. The maximum atomic E-state index is 13.0. The van der Waals surface area contributed by atoms with E-state index < -0.39 is 0 Å². The van der Waals surface area contributed by atoms with E-state index in [1.807, 2.05) is 43.3 Å². The average molecular weight is 432 g/mol. The van der Waals surface area contributed by atoms with Gasteiger partial charge >= 0.3 is 0 Å². The Balaban J connectivity index is 1.45. The van der Waals surface area contributed by atoms with Crippen LogP contribution in [0.15, 0.2) is 71.7 Å². The molecule has 166 valence electrons. The van der Waals surface area contributed by atoms with Crippen molar-refractivity contribution in [3.63, 3.8) is 0 Å². The van der Waals surface area contributed by atoms with E-state index in [4.69, 9.17) is 4.74 Å². The first-order chi connectivity index (χ1) is 15.5. The molecule has 1 aromatic heterocycles. The molecule has 1 fully saturated rings. The number of carbonyl (C=O) groups is 1. The van der Waals surface area contributed by atoms with Crippen LogP contribution >= 0.6 is 0 Å². The quantitative estimate of drug-likeness (QED) is 0.601. The summed E-state index contributed by atoms with van der Waals surface area (Å²) in [5.74, 6) is -0.272. The lowest BCUT2D eigenvalue weighted by atomic mass is 10.1. The molecule has 6 heteroatoms. The Morgan fingerprint density at radius 1 is 1.00 bits per heavy atom. The van der Waals surface area contributed by atoms with Gasteiger partial charge in [-0.1, -0.05) is 42.0 Å². The summed E-state index contributed by atoms with van der Waals surface area (Å²) in [7, 11) is 1.73. The van der Waals surface area contributed by atoms with Crippen LogP contribution in [0.4, 0.5) is 5.69 Å². The fraction of sp³-hybridized carbons (Fsp3) is 0.308. The number of rotatable bonds is 6. The third-order valence-corrected chi connectivity index (χ3v) is 5.76. The fourth-order valence-electron chi connectivity index (χ4n) is 4.02. The molecule has 3 aromatic rings. The van der Waals surface area contributed by atoms with Gasteiger partial charge in [0, 0.05) is 38.6 Å². The zero-order chi connectivity index (χ0) is 22.5. The van der Waals surface area contributed by atoms with Gasteiger partial charge in [0.05, 0.1) is 19.8 Å². The first-order valence-corrected chi connectivity index (χ1v) is 10.9. The van der Waals surface area contributed by atoms with Crippen molar-refractivity contribution < 1.29 is 9.53 Å². The van der Waals surface area contributed by atoms with Gasteiger partial charge in [-0.25, -0.2) is 0 Å². The van der Waals surface area contributed by atoms with E-state index in [9.17, 15) is 9.59 Å². The number of benzene rings is 2. The minimum absolute atomic E-state index is 0.188. The molecule has 0 radical (unpaired) electrons. The van der Waals surface area contributed by atoms with Crippen LogP contribution in [-0.2, 0) is 17.8 Å². The summed E-state index contributed by atoms with van der Waals surface area (Å²) < 4.78 is 7.00. The van der Waals surface area contributed by atoms with Crippen LogP contribution < -0.4 is 10.5 Å². The van der Waals surface area contributed by atoms with Crippen LogP contribution in [0.2, 0.25) is 0 Å². The summed E-state index contributed by atoms with van der Waals surface area (Å²) in [6, 6.07) is 19.6. The number of ether oxygens (including phenoxy) is 1. The Bertz CT molecular complexity index is 1130. The summed E-state index contributed by atoms with van der Waals surface area (Å²) in [4.78, 5) is 29.9. The summed E-state index contributed by atoms with van der Waals surface area (Å²) in [6.45, 7) is 6.17. The Labute approximate surface area is 188 Å². The highest BCUT2D eigenvalue weighted by Gasteiger charge is 2.17. The standard InChI is InChI=1S/C26H29N3O3/c1-20-5-3-6-22(17-20)19-29-12-4-7-24(26(29)31)25(30)27(2)18-21-8-10-23(11-9-21)28-13-15-32-16-14-28/h3-12,17H,13-16,18-19H2,1-2H3. The Hall–Kier alpha value is -3.38. The number of hydrogen-bond donors (Lipinski definition) is 0. The number of nitrogens with zero attached hydrogens (tertiary/aromatic N) is 3. The van der Waals surface area contributed by atoms with Crippen LogP contribution in [0.1, 0.15) is 27.0 Å². The van der Waals surface area contributed by atoms with Crippen LogP contribution in [-0.4, -0.2) is 48.7 Å². The largest absolute Gasteiger partial charge is 0.378 e. The second-order valence-electron chi connectivity index (χ2n) is 8.27. The van der Waals surface area contributed by atoms with E-state index in [1.54, 1.807) is 34.8 Å². The normalized spacial score (nSPS) is 13.8. The fourth-order valence-corrected chi connectivity index (χ4v) is 4.02. The van der Waals surface area contributed by atoms with E-state index in [1.165, 1.54) is 0 Å². The van der Waals surface area contributed by atoms with Crippen molar-refractivity contribution in [3.8, 4) is 0 Å². The van der Waals surface area contributed by atoms with E-state index in [0.717, 1.165) is 48.7 Å². The van der Waals surface area contributed by atoms with Crippen molar-refractivity contribution >= 4 is 11.6 Å². The number of hydrogen-bond acceptors (Lipinski definition) is 4. The summed E-state index contributed by atoms with van der Waals surface area (Å²) >= 11 is 0. The first kappa shape index (κ1) is 21.8. The first-order valence-electron chi connectivity index (χ1n) is 10.9. The highest BCUT2D eigenvalue weighted by Crippen LogP contribution is 2.17. The lowest BCUT2D eigenvalue weighted by Gasteiger charge is -2.29. The number of aryl methyl sites for hydroxylation is 1. The van der Waals surface area contributed by atoms with E-state index in [2.05, 4.69) is 17.0 Å². The third-order valence-electron chi connectivity index (χ3n) is 5.76. The molecule has 0 bridgehead atoms. The lowest BCUT2D eigenvalue weighted by Crippen LogP contribution is -2.36. The van der Waals surface area contributed by atoms with E-state index in [0.29, 0.717) is 13.1 Å². The molecule has 0 spiro atoms. The number of aromatic nitrogens is 1. The summed E-state index contributed by atoms with van der Waals surface area (Å²) in [6.07, 6.45) is 1.73. The molecule has 0 atom stereocenters. The molecule has 0 aliphatic carbocycles. The second kappa shape index (κ2) is 9.83. The SMILES string of the molecule is Cc1cccc(Cn2cccc(C(=O)N(C)Cc3ccc(N4CCOCC4)cc3)c2=O)c1. The van der Waals surface area contributed by atoms with E-state index >= 15 is 0 Å². The van der Waals surface area contributed by atoms with Crippen LogP contribution in [0, 0.1) is 6.92 Å². The zero-order valence-corrected chi connectivity index (χ0v) is 18.7. The topological polar surface area (TPSA) is 54.8 Å². The molecule has 1 saturated heterocycles. The third kappa shape index (κ3) is 5.08. The van der Waals surface area contributed by atoms with Crippen LogP contribution in [0.25, 0.3) is 0 Å². The van der Waals surface area contributed by atoms with Crippen molar-refractivity contribution in [2.24, 2.45) is 0 Å². The smallest absolute Gasteiger partial charge is 0.263 e. The average Bonchev–Trinajstić information content (AvgIpc) is 2.81. The molecular weight excluding hydrogens is 402 g/mol. The van der Waals surface area contributed by atoms with Crippen LogP contribution in [0.3, 0.4) is 0 Å². The Morgan fingerprint density at radius 3 is 2.47 bits per heavy atom. The zero-order valence-electron chi connectivity index (χ0n) is 18.7. The molecule has 2 aromatic carbocycles. The lowest BCUT2D eigenvalue weighted by molar-refractivity contribution is 0.0782. The molecular formula is C26H29N3O3. The molecule has 2 heterocycles. The molecule has 0 saturated carbocycles. The predicted octanol–water partition coefficient (Wildman–Crippen LogP) is 3.31. The van der Waals surface area contributed by atoms with Gasteiger partial charge in [0.15, 0.2) is 0 Å². The number of anilines is 1. The summed E-state index contributed by atoms with van der Waals surface area (Å²) in [5, 5.41) is 0. The Kier molecular flexibility index (Phi) is 6.71. The van der Waals surface area contributed by atoms with Gasteiger partial charge in [0.1, 0.15) is 5.56 Å². The van der Waals surface area contributed by atoms with Gasteiger partial charge in [0.25, 0.3) is 11.5 Å². The number of carbonyl (C=O) groups excluding carboxylic acids is 1. The maximum absolute atomic E-state index is 13.0. The number of morpholine rings is 1. The highest BCUT2D eigenvalue weighted by molar-refractivity contribution is 5.93. The molecule has 1 aliphatic rings. The summed E-state index contributed by atoms with van der Waals surface area (Å²) in [5.41, 5.74) is 4.27. The molecule has 1 aliphatic heterocycles. The van der Waals surface area contributed by atoms with Gasteiger partial charge in [-0.15, -0.1) is 0 Å². The van der Waals surface area contributed by atoms with Gasteiger partial charge in [0.2, 0.25) is 0 Å². The number of amides is 1. The van der Waals surface area contributed by atoms with Crippen molar-refractivity contribution in [1.82, 2.24) is 9.47 Å². The molecule has 4 rings (SSSR count). The van der Waals surface area contributed by atoms with Crippen LogP contribution in [0.5, 0.6) is 0 Å². The minimum atomic E-state index is -0.272. The highest BCUT2D eigenvalue weighted by atomic mass is 16.5. The predicted molar refractivity (Wildman–Crippen MR) is 126 cm³/mol. The van der Waals surface area contributed by atoms with Gasteiger partial charge in [-0.2, -0.15) is 0 Å². The van der Waals surface area contributed by atoms with Gasteiger partial charge in [-0.05, 0) is 42.3 Å². The minimum Gasteiger partial charge on any atom is -0.378 e. The van der Waals surface area contributed by atoms with Crippen molar-refractivity contribution in [2.75, 3.05) is 38.3 Å². The second-order valence-corrected chi connectivity index (χ2v) is 8.27. The molecule has 32 heavy (non-hydrogen) atoms. The maximum Gasteiger partial charge on any atom is 0.263 e. The van der Waals surface area contributed by atoms with Gasteiger partial charge < -0.3 is 19.1 Å². The molecule has 1 amide bonds. The monoisotopic (exact) mass is 431 g/mol.